The van der Waals surface area contributed by atoms with Gasteiger partial charge in [0.2, 0.25) is 5.95 Å². The first-order chi connectivity index (χ1) is 8.75. The van der Waals surface area contributed by atoms with Crippen molar-refractivity contribution in [3.05, 3.63) is 18.3 Å². The average molecular weight is 247 g/mol. The van der Waals surface area contributed by atoms with Gasteiger partial charge in [0.1, 0.15) is 6.04 Å². The number of hydrogen-bond donors (Lipinski definition) is 3. The molecule has 18 heavy (non-hydrogen) atoms. The van der Waals surface area contributed by atoms with E-state index in [4.69, 9.17) is 0 Å². The Hall–Kier alpha value is -2.15. The van der Waals surface area contributed by atoms with Crippen molar-refractivity contribution >= 4 is 23.1 Å². The number of aliphatic carboxylic acids is 1. The first-order valence-electron chi connectivity index (χ1n) is 5.76. The molecule has 0 saturated carbocycles. The van der Waals surface area contributed by atoms with E-state index in [-0.39, 0.29) is 0 Å². The van der Waals surface area contributed by atoms with E-state index >= 15 is 0 Å². The highest BCUT2D eigenvalue weighted by Gasteiger charge is 2.30. The highest BCUT2D eigenvalue weighted by molar-refractivity contribution is 5.80. The van der Waals surface area contributed by atoms with Gasteiger partial charge in [-0.2, -0.15) is 4.98 Å². The molecule has 0 spiro atoms. The third kappa shape index (κ3) is 1.78. The van der Waals surface area contributed by atoms with Gasteiger partial charge in [-0.3, -0.25) is 0 Å². The first-order valence-corrected chi connectivity index (χ1v) is 5.76. The van der Waals surface area contributed by atoms with E-state index in [0.717, 1.165) is 12.1 Å². The molecule has 0 unspecified atom stereocenters. The summed E-state index contributed by atoms with van der Waals surface area (Å²) in [4.78, 5) is 24.6. The molecule has 0 aromatic carbocycles. The third-order valence-electron chi connectivity index (χ3n) is 3.05. The molecule has 1 fully saturated rings. The highest BCUT2D eigenvalue weighted by Crippen LogP contribution is 2.18. The van der Waals surface area contributed by atoms with Gasteiger partial charge < -0.3 is 20.3 Å². The van der Waals surface area contributed by atoms with Crippen LogP contribution in [0.3, 0.4) is 0 Å². The van der Waals surface area contributed by atoms with Crippen molar-refractivity contribution in [3.63, 3.8) is 0 Å². The summed E-state index contributed by atoms with van der Waals surface area (Å²) >= 11 is 0. The molecule has 3 heterocycles. The van der Waals surface area contributed by atoms with Crippen LogP contribution in [0.4, 0.5) is 5.95 Å². The summed E-state index contributed by atoms with van der Waals surface area (Å²) in [6.07, 6.45) is 1.67. The van der Waals surface area contributed by atoms with Crippen LogP contribution in [0.25, 0.3) is 11.2 Å². The van der Waals surface area contributed by atoms with E-state index in [9.17, 15) is 9.90 Å². The van der Waals surface area contributed by atoms with E-state index in [1.165, 1.54) is 0 Å². The lowest BCUT2D eigenvalue weighted by Crippen LogP contribution is -2.55. The Morgan fingerprint density at radius 3 is 3.22 bits per heavy atom. The number of piperazine rings is 1. The zero-order valence-corrected chi connectivity index (χ0v) is 9.63. The van der Waals surface area contributed by atoms with Crippen LogP contribution >= 0.6 is 0 Å². The number of rotatable bonds is 2. The molecule has 1 atom stereocenters. The molecule has 1 aliphatic heterocycles. The van der Waals surface area contributed by atoms with E-state index in [1.807, 2.05) is 12.1 Å². The molecule has 94 valence electrons. The number of carbonyl (C=O) groups is 1. The minimum Gasteiger partial charge on any atom is -0.480 e. The topological polar surface area (TPSA) is 94.1 Å². The number of carboxylic acid groups (broad SMARTS) is 1. The van der Waals surface area contributed by atoms with Crippen LogP contribution in [0.5, 0.6) is 0 Å². The second kappa shape index (κ2) is 4.26. The molecular weight excluding hydrogens is 234 g/mol. The van der Waals surface area contributed by atoms with E-state index in [0.29, 0.717) is 24.7 Å². The molecule has 1 aliphatic rings. The second-order valence-electron chi connectivity index (χ2n) is 4.19. The maximum Gasteiger partial charge on any atom is 0.327 e. The van der Waals surface area contributed by atoms with E-state index in [2.05, 4.69) is 20.3 Å². The summed E-state index contributed by atoms with van der Waals surface area (Å²) in [5, 5.41) is 12.3. The summed E-state index contributed by atoms with van der Waals surface area (Å²) in [5.41, 5.74) is 1.42. The van der Waals surface area contributed by atoms with Crippen LogP contribution in [-0.2, 0) is 4.79 Å². The van der Waals surface area contributed by atoms with Crippen LogP contribution in [0, 0.1) is 0 Å². The molecule has 0 radical (unpaired) electrons. The Bertz CT molecular complexity index is 549. The summed E-state index contributed by atoms with van der Waals surface area (Å²) < 4.78 is 0. The summed E-state index contributed by atoms with van der Waals surface area (Å²) in [6.45, 7) is 1.77. The number of anilines is 1. The zero-order chi connectivity index (χ0) is 12.5. The van der Waals surface area contributed by atoms with E-state index in [1.54, 1.807) is 11.1 Å². The molecule has 3 N–H and O–H groups in total. The molecule has 2 aromatic rings. The monoisotopic (exact) mass is 247 g/mol. The SMILES string of the molecule is O=C(O)[C@@H]1CNCCN1c1nc2ncccc2[nH]1. The Labute approximate surface area is 103 Å². The first kappa shape index (κ1) is 11.0. The molecule has 3 rings (SSSR count). The molecule has 7 heteroatoms. The standard InChI is InChI=1S/C11H13N5O2/c17-10(18)8-6-12-4-5-16(8)11-14-7-2-1-3-13-9(7)15-11/h1-3,8,12H,4-6H2,(H,17,18)(H,13,14,15)/t8-/m0/s1. The number of aromatic nitrogens is 3. The Kier molecular flexibility index (Phi) is 2.60. The van der Waals surface area contributed by atoms with Crippen LogP contribution in [0.1, 0.15) is 0 Å². The normalized spacial score (nSPS) is 20.2. The second-order valence-corrected chi connectivity index (χ2v) is 4.19. The predicted molar refractivity (Wildman–Crippen MR) is 65.5 cm³/mol. The van der Waals surface area contributed by atoms with Gasteiger partial charge in [-0.1, -0.05) is 0 Å². The number of nitrogens with zero attached hydrogens (tertiary/aromatic N) is 3. The maximum atomic E-state index is 11.2. The van der Waals surface area contributed by atoms with Crippen molar-refractivity contribution in [2.24, 2.45) is 0 Å². The van der Waals surface area contributed by atoms with Crippen LogP contribution in [0.15, 0.2) is 18.3 Å². The third-order valence-corrected chi connectivity index (χ3v) is 3.05. The molecule has 1 saturated heterocycles. The van der Waals surface area contributed by atoms with Crippen LogP contribution < -0.4 is 10.2 Å². The largest absolute Gasteiger partial charge is 0.480 e. The summed E-state index contributed by atoms with van der Waals surface area (Å²) in [5.74, 6) is -0.284. The predicted octanol–water partition coefficient (Wildman–Crippen LogP) is -0.179. The number of aromatic amines is 1. The van der Waals surface area contributed by atoms with E-state index < -0.39 is 12.0 Å². The molecule has 0 amide bonds. The fourth-order valence-electron chi connectivity index (χ4n) is 2.15. The van der Waals surface area contributed by atoms with Gasteiger partial charge >= 0.3 is 5.97 Å². The van der Waals surface area contributed by atoms with Crippen LogP contribution in [0.2, 0.25) is 0 Å². The quantitative estimate of drug-likeness (QED) is 0.681. The Morgan fingerprint density at radius 2 is 2.44 bits per heavy atom. The fourth-order valence-corrected chi connectivity index (χ4v) is 2.15. The fraction of sp³-hybridized carbons (Fsp3) is 0.364. The van der Waals surface area contributed by atoms with Crippen molar-refractivity contribution in [3.8, 4) is 0 Å². The van der Waals surface area contributed by atoms with Crippen molar-refractivity contribution in [1.29, 1.82) is 0 Å². The molecule has 2 aromatic heterocycles. The van der Waals surface area contributed by atoms with Gasteiger partial charge in [0, 0.05) is 25.8 Å². The molecule has 0 aliphatic carbocycles. The smallest absolute Gasteiger partial charge is 0.327 e. The molecule has 0 bridgehead atoms. The van der Waals surface area contributed by atoms with Gasteiger partial charge in [0.05, 0.1) is 5.52 Å². The van der Waals surface area contributed by atoms with Gasteiger partial charge in [0.25, 0.3) is 0 Å². The Balaban J connectivity index is 1.98. The zero-order valence-electron chi connectivity index (χ0n) is 9.63. The minimum atomic E-state index is -0.851. The van der Waals surface area contributed by atoms with Gasteiger partial charge in [0.15, 0.2) is 5.65 Å². The van der Waals surface area contributed by atoms with Gasteiger partial charge in [-0.05, 0) is 12.1 Å². The number of pyridine rings is 1. The lowest BCUT2D eigenvalue weighted by molar-refractivity contribution is -0.138. The molecular formula is C11H13N5O2. The van der Waals surface area contributed by atoms with Crippen molar-refractivity contribution in [2.75, 3.05) is 24.5 Å². The molecule has 7 nitrogen and oxygen atoms in total. The lowest BCUT2D eigenvalue weighted by Gasteiger charge is -2.33. The lowest BCUT2D eigenvalue weighted by atomic mass is 10.2. The van der Waals surface area contributed by atoms with Gasteiger partial charge in [-0.15, -0.1) is 0 Å². The average Bonchev–Trinajstić information content (AvgIpc) is 2.82. The van der Waals surface area contributed by atoms with Crippen molar-refractivity contribution < 1.29 is 9.90 Å². The number of H-pyrrole nitrogens is 1. The number of hydrogen-bond acceptors (Lipinski definition) is 5. The maximum absolute atomic E-state index is 11.2. The number of carboxylic acids is 1. The van der Waals surface area contributed by atoms with Crippen LogP contribution in [-0.4, -0.2) is 51.7 Å². The summed E-state index contributed by atoms with van der Waals surface area (Å²) in [6, 6.07) is 3.09. The minimum absolute atomic E-state index is 0.416. The van der Waals surface area contributed by atoms with Gasteiger partial charge in [-0.25, -0.2) is 9.78 Å². The summed E-state index contributed by atoms with van der Waals surface area (Å²) in [7, 11) is 0. The van der Waals surface area contributed by atoms with Crippen molar-refractivity contribution in [2.45, 2.75) is 6.04 Å². The van der Waals surface area contributed by atoms with Crippen molar-refractivity contribution in [1.82, 2.24) is 20.3 Å². The number of fused-ring (bicyclic) bond motifs is 1. The number of imidazole rings is 1. The number of nitrogens with one attached hydrogen (secondary N) is 2. The Morgan fingerprint density at radius 1 is 1.56 bits per heavy atom. The highest BCUT2D eigenvalue weighted by atomic mass is 16.4.